The molecule has 5 fully saturated rings. The van der Waals surface area contributed by atoms with E-state index in [1.807, 2.05) is 31.2 Å². The molecule has 3 N–H and O–H groups in total. The molecule has 31 heavy (non-hydrogen) atoms. The Balaban J connectivity index is 1.10. The zero-order valence-electron chi connectivity index (χ0n) is 18.3. The van der Waals surface area contributed by atoms with Crippen molar-refractivity contribution in [3.05, 3.63) is 29.8 Å². The maximum absolute atomic E-state index is 13.0. The van der Waals surface area contributed by atoms with Crippen LogP contribution in [0.25, 0.3) is 0 Å². The Hall–Kier alpha value is -2.37. The predicted molar refractivity (Wildman–Crippen MR) is 118 cm³/mol. The molecule has 6 heteroatoms. The van der Waals surface area contributed by atoms with Gasteiger partial charge in [-0.15, -0.1) is 0 Å². The van der Waals surface area contributed by atoms with Gasteiger partial charge in [-0.3, -0.25) is 14.4 Å². The first-order valence-electron chi connectivity index (χ1n) is 11.9. The van der Waals surface area contributed by atoms with Crippen LogP contribution in [-0.4, -0.2) is 24.3 Å². The molecule has 4 bridgehead atoms. The van der Waals surface area contributed by atoms with Gasteiger partial charge < -0.3 is 16.0 Å². The van der Waals surface area contributed by atoms with Crippen molar-refractivity contribution >= 4 is 23.4 Å². The molecule has 1 atom stereocenters. The van der Waals surface area contributed by atoms with Crippen molar-refractivity contribution in [3.63, 3.8) is 0 Å². The number of hydrogen-bond acceptors (Lipinski definition) is 3. The van der Waals surface area contributed by atoms with Crippen molar-refractivity contribution < 1.29 is 14.4 Å². The lowest BCUT2D eigenvalue weighted by Crippen LogP contribution is -2.54. The summed E-state index contributed by atoms with van der Waals surface area (Å²) in [6, 6.07) is 7.40. The Labute approximate surface area is 183 Å². The van der Waals surface area contributed by atoms with Crippen molar-refractivity contribution in [2.24, 2.45) is 29.1 Å². The highest BCUT2D eigenvalue weighted by molar-refractivity contribution is 5.94. The molecule has 5 saturated carbocycles. The fourth-order valence-corrected chi connectivity index (χ4v) is 6.56. The molecule has 1 aromatic carbocycles. The Morgan fingerprint density at radius 1 is 0.968 bits per heavy atom. The highest BCUT2D eigenvalue weighted by atomic mass is 16.2. The van der Waals surface area contributed by atoms with Gasteiger partial charge in [0.1, 0.15) is 0 Å². The third kappa shape index (κ3) is 4.35. The number of carbonyl (C=O) groups is 3. The summed E-state index contributed by atoms with van der Waals surface area (Å²) in [4.78, 5) is 37.3. The zero-order valence-corrected chi connectivity index (χ0v) is 18.3. The van der Waals surface area contributed by atoms with Crippen LogP contribution in [-0.2, 0) is 14.4 Å². The van der Waals surface area contributed by atoms with Crippen LogP contribution in [0.1, 0.15) is 69.9 Å². The van der Waals surface area contributed by atoms with E-state index in [2.05, 4.69) is 16.0 Å². The fraction of sp³-hybridized carbons (Fsp3) is 0.640. The van der Waals surface area contributed by atoms with E-state index in [0.717, 1.165) is 43.4 Å². The molecule has 0 saturated heterocycles. The summed E-state index contributed by atoms with van der Waals surface area (Å²) in [5.74, 6) is 2.31. The summed E-state index contributed by atoms with van der Waals surface area (Å²) in [5.41, 5.74) is 1.52. The first-order valence-corrected chi connectivity index (χ1v) is 11.9. The third-order valence-electron chi connectivity index (χ3n) is 7.93. The monoisotopic (exact) mass is 423 g/mol. The maximum Gasteiger partial charge on any atom is 0.239 e. The van der Waals surface area contributed by atoms with Gasteiger partial charge in [0.15, 0.2) is 0 Å². The van der Waals surface area contributed by atoms with Gasteiger partial charge in [-0.25, -0.2) is 0 Å². The van der Waals surface area contributed by atoms with E-state index < -0.39 is 0 Å². The van der Waals surface area contributed by atoms with Gasteiger partial charge in [-0.2, -0.15) is 0 Å². The lowest BCUT2D eigenvalue weighted by Gasteiger charge is -2.55. The molecule has 0 radical (unpaired) electrons. The minimum absolute atomic E-state index is 0.0282. The number of carbonyl (C=O) groups excluding carboxylic acids is 3. The van der Waals surface area contributed by atoms with E-state index in [9.17, 15) is 14.4 Å². The first-order chi connectivity index (χ1) is 14.9. The van der Waals surface area contributed by atoms with Crippen LogP contribution in [0, 0.1) is 29.1 Å². The second-order valence-electron chi connectivity index (χ2n) is 10.6. The Kier molecular flexibility index (Phi) is 5.27. The topological polar surface area (TPSA) is 87.3 Å². The quantitative estimate of drug-likeness (QED) is 0.627. The van der Waals surface area contributed by atoms with Crippen LogP contribution in [0.15, 0.2) is 24.3 Å². The number of benzene rings is 1. The summed E-state index contributed by atoms with van der Waals surface area (Å²) in [6.45, 7) is 1.96. The normalized spacial score (nSPS) is 31.7. The molecular formula is C25H33N3O3. The van der Waals surface area contributed by atoms with Gasteiger partial charge in [0.25, 0.3) is 0 Å². The van der Waals surface area contributed by atoms with Crippen LogP contribution < -0.4 is 16.0 Å². The summed E-state index contributed by atoms with van der Waals surface area (Å²) in [5, 5.41) is 8.84. The number of rotatable bonds is 7. The van der Waals surface area contributed by atoms with Crippen molar-refractivity contribution in [2.45, 2.75) is 64.3 Å². The standard InChI is InChI=1S/C25H33N3O3/c1-15(19-4-6-21(7-5-19)28-23(30)20-2-3-20)27-22(29)14-26-24(31)25-11-16-8-17(12-25)10-18(9-16)13-25/h4-7,15-18,20H,2-3,8-14H2,1H3,(H,26,31)(H,27,29)(H,28,30). The molecule has 0 aromatic heterocycles. The number of hydrogen-bond donors (Lipinski definition) is 3. The Morgan fingerprint density at radius 2 is 1.55 bits per heavy atom. The van der Waals surface area contributed by atoms with Crippen molar-refractivity contribution in [2.75, 3.05) is 11.9 Å². The SMILES string of the molecule is CC(NC(=O)CNC(=O)C12CC3CC(CC(C3)C1)C2)c1ccc(NC(=O)C2CC2)cc1. The molecule has 0 heterocycles. The lowest BCUT2D eigenvalue weighted by molar-refractivity contribution is -0.147. The van der Waals surface area contributed by atoms with E-state index in [1.54, 1.807) is 0 Å². The zero-order chi connectivity index (χ0) is 21.6. The molecule has 5 aliphatic rings. The molecule has 6 rings (SSSR count). The average Bonchev–Trinajstić information content (AvgIpc) is 3.57. The van der Waals surface area contributed by atoms with Crippen LogP contribution in [0.5, 0.6) is 0 Å². The number of anilines is 1. The first kappa shape index (κ1) is 20.5. The molecule has 3 amide bonds. The number of nitrogens with one attached hydrogen (secondary N) is 3. The van der Waals surface area contributed by atoms with Gasteiger partial charge in [0.05, 0.1) is 12.6 Å². The lowest BCUT2D eigenvalue weighted by atomic mass is 9.49. The van der Waals surface area contributed by atoms with Gasteiger partial charge in [0, 0.05) is 17.0 Å². The average molecular weight is 424 g/mol. The largest absolute Gasteiger partial charge is 0.348 e. The third-order valence-corrected chi connectivity index (χ3v) is 7.93. The molecular weight excluding hydrogens is 390 g/mol. The summed E-state index contributed by atoms with van der Waals surface area (Å²) in [7, 11) is 0. The minimum atomic E-state index is -0.221. The van der Waals surface area contributed by atoms with Crippen molar-refractivity contribution in [3.8, 4) is 0 Å². The molecule has 166 valence electrons. The van der Waals surface area contributed by atoms with E-state index >= 15 is 0 Å². The Morgan fingerprint density at radius 3 is 2.10 bits per heavy atom. The molecule has 1 unspecified atom stereocenters. The van der Waals surface area contributed by atoms with Crippen molar-refractivity contribution in [1.29, 1.82) is 0 Å². The van der Waals surface area contributed by atoms with Gasteiger partial charge in [-0.05, 0) is 93.7 Å². The minimum Gasteiger partial charge on any atom is -0.348 e. The van der Waals surface area contributed by atoms with E-state index in [4.69, 9.17) is 0 Å². The molecule has 1 aromatic rings. The number of amides is 3. The second kappa shape index (κ2) is 7.95. The van der Waals surface area contributed by atoms with E-state index in [1.165, 1.54) is 19.3 Å². The highest BCUT2D eigenvalue weighted by Gasteiger charge is 2.54. The predicted octanol–water partition coefficient (Wildman–Crippen LogP) is 3.54. The summed E-state index contributed by atoms with van der Waals surface area (Å²) < 4.78 is 0. The molecule has 5 aliphatic carbocycles. The van der Waals surface area contributed by atoms with Gasteiger partial charge in [-0.1, -0.05) is 12.1 Å². The van der Waals surface area contributed by atoms with Crippen LogP contribution in [0.3, 0.4) is 0 Å². The van der Waals surface area contributed by atoms with Gasteiger partial charge in [0.2, 0.25) is 17.7 Å². The van der Waals surface area contributed by atoms with Gasteiger partial charge >= 0.3 is 0 Å². The van der Waals surface area contributed by atoms with Crippen LogP contribution >= 0.6 is 0 Å². The molecule has 0 spiro atoms. The van der Waals surface area contributed by atoms with Crippen molar-refractivity contribution in [1.82, 2.24) is 10.6 Å². The molecule has 6 nitrogen and oxygen atoms in total. The van der Waals surface area contributed by atoms with E-state index in [-0.39, 0.29) is 41.6 Å². The maximum atomic E-state index is 13.0. The molecule has 0 aliphatic heterocycles. The Bertz CT molecular complexity index is 839. The summed E-state index contributed by atoms with van der Waals surface area (Å²) in [6.07, 6.45) is 8.87. The smallest absolute Gasteiger partial charge is 0.239 e. The highest BCUT2D eigenvalue weighted by Crippen LogP contribution is 2.60. The van der Waals surface area contributed by atoms with E-state index in [0.29, 0.717) is 17.8 Å². The second-order valence-corrected chi connectivity index (χ2v) is 10.6. The fourth-order valence-electron chi connectivity index (χ4n) is 6.56. The summed E-state index contributed by atoms with van der Waals surface area (Å²) >= 11 is 0. The van der Waals surface area contributed by atoms with Crippen LogP contribution in [0.4, 0.5) is 5.69 Å². The van der Waals surface area contributed by atoms with Crippen LogP contribution in [0.2, 0.25) is 0 Å².